The van der Waals surface area contributed by atoms with Crippen molar-refractivity contribution in [3.63, 3.8) is 0 Å². The molecule has 0 fully saturated rings. The van der Waals surface area contributed by atoms with Gasteiger partial charge in [0.25, 0.3) is 11.5 Å². The Balaban J connectivity index is 1.85. The second kappa shape index (κ2) is 7.02. The predicted octanol–water partition coefficient (Wildman–Crippen LogP) is 1.10. The topological polar surface area (TPSA) is 101 Å². The van der Waals surface area contributed by atoms with Gasteiger partial charge in [0.2, 0.25) is 0 Å². The standard InChI is InChI=1S/C17H19FN4O3/c1-10-20-14-9-22(8-13(14)16(23)21-10)17(24)12-7-11(18)3-4-15(12)25-6-2-5-19/h3-4,7H,2,5-6,8-9,19H2,1H3,(H,20,21,23). The molecule has 3 N–H and O–H groups in total. The summed E-state index contributed by atoms with van der Waals surface area (Å²) in [5.41, 5.74) is 6.33. The highest BCUT2D eigenvalue weighted by molar-refractivity contribution is 5.97. The van der Waals surface area contributed by atoms with Crippen LogP contribution in [0.3, 0.4) is 0 Å². The van der Waals surface area contributed by atoms with Crippen molar-refractivity contribution in [1.82, 2.24) is 14.9 Å². The first kappa shape index (κ1) is 17.1. The molecule has 2 heterocycles. The molecule has 0 saturated heterocycles. The summed E-state index contributed by atoms with van der Waals surface area (Å²) in [4.78, 5) is 33.2. The highest BCUT2D eigenvalue weighted by atomic mass is 19.1. The number of fused-ring (bicyclic) bond motifs is 1. The fourth-order valence-corrected chi connectivity index (χ4v) is 2.76. The van der Waals surface area contributed by atoms with E-state index in [2.05, 4.69) is 9.97 Å². The number of hydrogen-bond donors (Lipinski definition) is 2. The number of carbonyl (C=O) groups excluding carboxylic acids is 1. The van der Waals surface area contributed by atoms with E-state index in [0.717, 1.165) is 6.07 Å². The zero-order valence-electron chi connectivity index (χ0n) is 13.8. The van der Waals surface area contributed by atoms with Gasteiger partial charge >= 0.3 is 0 Å². The Hall–Kier alpha value is -2.74. The molecule has 0 bridgehead atoms. The third kappa shape index (κ3) is 3.53. The van der Waals surface area contributed by atoms with Crippen molar-refractivity contribution < 1.29 is 13.9 Å². The summed E-state index contributed by atoms with van der Waals surface area (Å²) in [5, 5.41) is 0. The maximum absolute atomic E-state index is 13.6. The summed E-state index contributed by atoms with van der Waals surface area (Å²) in [6, 6.07) is 3.81. The van der Waals surface area contributed by atoms with Crippen LogP contribution in [0.25, 0.3) is 0 Å². The normalized spacial score (nSPS) is 13.0. The molecular formula is C17H19FN4O3. The minimum absolute atomic E-state index is 0.123. The maximum Gasteiger partial charge on any atom is 0.258 e. The van der Waals surface area contributed by atoms with Crippen LogP contribution in [0.1, 0.15) is 33.9 Å². The number of nitrogens with two attached hydrogens (primary N) is 1. The molecule has 25 heavy (non-hydrogen) atoms. The van der Waals surface area contributed by atoms with Crippen LogP contribution < -0.4 is 16.0 Å². The van der Waals surface area contributed by atoms with E-state index in [1.54, 1.807) is 6.92 Å². The Morgan fingerprint density at radius 1 is 1.44 bits per heavy atom. The second-order valence-electron chi connectivity index (χ2n) is 5.87. The van der Waals surface area contributed by atoms with Gasteiger partial charge in [-0.2, -0.15) is 0 Å². The number of ether oxygens (including phenoxy) is 1. The fourth-order valence-electron chi connectivity index (χ4n) is 2.76. The van der Waals surface area contributed by atoms with E-state index in [1.165, 1.54) is 17.0 Å². The monoisotopic (exact) mass is 346 g/mol. The van der Waals surface area contributed by atoms with Crippen LogP contribution in [0.4, 0.5) is 4.39 Å². The number of halogens is 1. The van der Waals surface area contributed by atoms with Crippen molar-refractivity contribution in [2.24, 2.45) is 5.73 Å². The minimum Gasteiger partial charge on any atom is -0.493 e. The summed E-state index contributed by atoms with van der Waals surface area (Å²) < 4.78 is 19.2. The van der Waals surface area contributed by atoms with E-state index in [0.29, 0.717) is 42.4 Å². The number of amides is 1. The minimum atomic E-state index is -0.530. The van der Waals surface area contributed by atoms with Crippen LogP contribution in [0, 0.1) is 12.7 Å². The molecule has 3 rings (SSSR count). The first-order valence-electron chi connectivity index (χ1n) is 8.00. The lowest BCUT2D eigenvalue weighted by atomic mass is 10.1. The number of hydrogen-bond acceptors (Lipinski definition) is 5. The van der Waals surface area contributed by atoms with Crippen LogP contribution >= 0.6 is 0 Å². The average molecular weight is 346 g/mol. The van der Waals surface area contributed by atoms with Crippen molar-refractivity contribution in [2.75, 3.05) is 13.2 Å². The summed E-state index contributed by atoms with van der Waals surface area (Å²) in [7, 11) is 0. The molecule has 132 valence electrons. The van der Waals surface area contributed by atoms with Crippen molar-refractivity contribution in [2.45, 2.75) is 26.4 Å². The number of nitrogens with zero attached hydrogens (tertiary/aromatic N) is 2. The van der Waals surface area contributed by atoms with Crippen LogP contribution in [0.15, 0.2) is 23.0 Å². The van der Waals surface area contributed by atoms with Crippen LogP contribution in [-0.4, -0.2) is 33.9 Å². The highest BCUT2D eigenvalue weighted by Gasteiger charge is 2.29. The molecule has 0 atom stereocenters. The summed E-state index contributed by atoms with van der Waals surface area (Å²) in [6.07, 6.45) is 0.624. The lowest BCUT2D eigenvalue weighted by molar-refractivity contribution is 0.0745. The van der Waals surface area contributed by atoms with E-state index in [-0.39, 0.29) is 24.2 Å². The zero-order valence-corrected chi connectivity index (χ0v) is 13.8. The van der Waals surface area contributed by atoms with Gasteiger partial charge < -0.3 is 20.4 Å². The Kier molecular flexibility index (Phi) is 4.80. The second-order valence-corrected chi connectivity index (χ2v) is 5.87. The van der Waals surface area contributed by atoms with E-state index >= 15 is 0 Å². The largest absolute Gasteiger partial charge is 0.493 e. The molecule has 1 amide bonds. The number of benzene rings is 1. The maximum atomic E-state index is 13.6. The van der Waals surface area contributed by atoms with Crippen LogP contribution in [0.5, 0.6) is 5.75 Å². The average Bonchev–Trinajstić information content (AvgIpc) is 3.00. The van der Waals surface area contributed by atoms with Gasteiger partial charge in [-0.15, -0.1) is 0 Å². The molecule has 0 unspecified atom stereocenters. The molecule has 0 spiro atoms. The molecule has 0 radical (unpaired) electrons. The molecule has 2 aromatic rings. The lowest BCUT2D eigenvalue weighted by Gasteiger charge is -2.17. The Labute approximate surface area is 143 Å². The lowest BCUT2D eigenvalue weighted by Crippen LogP contribution is -2.27. The molecule has 0 aliphatic carbocycles. The summed E-state index contributed by atoms with van der Waals surface area (Å²) in [5.74, 6) is -0.140. The van der Waals surface area contributed by atoms with Gasteiger partial charge in [-0.05, 0) is 38.1 Å². The third-order valence-corrected chi connectivity index (χ3v) is 3.97. The van der Waals surface area contributed by atoms with Gasteiger partial charge in [0, 0.05) is 0 Å². The highest BCUT2D eigenvalue weighted by Crippen LogP contribution is 2.26. The van der Waals surface area contributed by atoms with Gasteiger partial charge in [0.15, 0.2) is 0 Å². The molecule has 1 aromatic carbocycles. The van der Waals surface area contributed by atoms with Crippen molar-refractivity contribution >= 4 is 5.91 Å². The third-order valence-electron chi connectivity index (χ3n) is 3.97. The van der Waals surface area contributed by atoms with Gasteiger partial charge in [0.1, 0.15) is 17.4 Å². The number of aromatic amines is 1. The van der Waals surface area contributed by atoms with Gasteiger partial charge in [-0.25, -0.2) is 9.37 Å². The number of aromatic nitrogens is 2. The molecule has 7 nitrogen and oxygen atoms in total. The predicted molar refractivity (Wildman–Crippen MR) is 88.7 cm³/mol. The van der Waals surface area contributed by atoms with E-state index in [1.807, 2.05) is 0 Å². The number of H-pyrrole nitrogens is 1. The smallest absolute Gasteiger partial charge is 0.258 e. The molecule has 1 aliphatic heterocycles. The van der Waals surface area contributed by atoms with E-state index in [9.17, 15) is 14.0 Å². The molecule has 1 aromatic heterocycles. The van der Waals surface area contributed by atoms with Gasteiger partial charge in [0.05, 0.1) is 36.5 Å². The fraction of sp³-hybridized carbons (Fsp3) is 0.353. The number of carbonyl (C=O) groups is 1. The number of rotatable bonds is 5. The first-order valence-corrected chi connectivity index (χ1v) is 8.00. The Bertz CT molecular complexity index is 865. The van der Waals surface area contributed by atoms with E-state index < -0.39 is 11.7 Å². The Morgan fingerprint density at radius 3 is 3.00 bits per heavy atom. The first-order chi connectivity index (χ1) is 12.0. The number of nitrogens with one attached hydrogen (secondary N) is 1. The summed E-state index contributed by atoms with van der Waals surface area (Å²) >= 11 is 0. The quantitative estimate of drug-likeness (QED) is 0.790. The molecule has 0 saturated carbocycles. The molecular weight excluding hydrogens is 327 g/mol. The van der Waals surface area contributed by atoms with Crippen LogP contribution in [-0.2, 0) is 13.1 Å². The summed E-state index contributed by atoms with van der Waals surface area (Å²) in [6.45, 7) is 2.82. The van der Waals surface area contributed by atoms with Gasteiger partial charge in [-0.1, -0.05) is 0 Å². The Morgan fingerprint density at radius 2 is 2.24 bits per heavy atom. The van der Waals surface area contributed by atoms with Crippen molar-refractivity contribution in [1.29, 1.82) is 0 Å². The van der Waals surface area contributed by atoms with Crippen LogP contribution in [0.2, 0.25) is 0 Å². The zero-order chi connectivity index (χ0) is 18.0. The number of aryl methyl sites for hydroxylation is 1. The van der Waals surface area contributed by atoms with Gasteiger partial charge in [-0.3, -0.25) is 9.59 Å². The molecule has 1 aliphatic rings. The van der Waals surface area contributed by atoms with Crippen molar-refractivity contribution in [3.05, 3.63) is 57.0 Å². The van der Waals surface area contributed by atoms with Crippen molar-refractivity contribution in [3.8, 4) is 5.75 Å². The SMILES string of the molecule is Cc1nc2c(c(=O)[nH]1)CN(C(=O)c1cc(F)ccc1OCCCN)C2. The molecule has 8 heteroatoms. The van der Waals surface area contributed by atoms with E-state index in [4.69, 9.17) is 10.5 Å².